The van der Waals surface area contributed by atoms with Crippen LogP contribution < -0.4 is 10.2 Å². The molecule has 0 bridgehead atoms. The summed E-state index contributed by atoms with van der Waals surface area (Å²) in [4.78, 5) is 6.86. The maximum Gasteiger partial charge on any atom is 0.0562 e. The van der Waals surface area contributed by atoms with E-state index in [0.29, 0.717) is 11.8 Å². The van der Waals surface area contributed by atoms with E-state index in [2.05, 4.69) is 62.0 Å². The van der Waals surface area contributed by atoms with Crippen LogP contribution in [0, 0.1) is 11.8 Å². The second-order valence-electron chi connectivity index (χ2n) is 5.96. The molecule has 0 fully saturated rings. The van der Waals surface area contributed by atoms with Gasteiger partial charge < -0.3 is 10.2 Å². The van der Waals surface area contributed by atoms with Crippen molar-refractivity contribution in [3.63, 3.8) is 0 Å². The van der Waals surface area contributed by atoms with Crippen molar-refractivity contribution in [2.75, 3.05) is 24.5 Å². The monoisotopic (exact) mass is 263 g/mol. The summed E-state index contributed by atoms with van der Waals surface area (Å²) >= 11 is 0. The molecule has 0 aliphatic carbocycles. The van der Waals surface area contributed by atoms with Crippen LogP contribution in [0.2, 0.25) is 0 Å². The number of anilines is 1. The Morgan fingerprint density at radius 3 is 2.53 bits per heavy atom. The highest BCUT2D eigenvalue weighted by Gasteiger charge is 2.07. The van der Waals surface area contributed by atoms with Gasteiger partial charge in [0.2, 0.25) is 0 Å². The van der Waals surface area contributed by atoms with E-state index in [-0.39, 0.29) is 0 Å². The molecule has 3 heteroatoms. The molecule has 0 radical (unpaired) electrons. The smallest absolute Gasteiger partial charge is 0.0562 e. The van der Waals surface area contributed by atoms with E-state index in [1.165, 1.54) is 5.69 Å². The highest BCUT2D eigenvalue weighted by molar-refractivity contribution is 5.46. The molecule has 1 aromatic heterocycles. The molecule has 1 rings (SSSR count). The second-order valence-corrected chi connectivity index (χ2v) is 5.96. The molecule has 0 aliphatic heterocycles. The van der Waals surface area contributed by atoms with Crippen LogP contribution in [0.5, 0.6) is 0 Å². The van der Waals surface area contributed by atoms with E-state index in [1.54, 1.807) is 0 Å². The molecule has 19 heavy (non-hydrogen) atoms. The Bertz CT molecular complexity index is 361. The molecule has 0 saturated carbocycles. The number of nitrogens with one attached hydrogen (secondary N) is 1. The van der Waals surface area contributed by atoms with Crippen LogP contribution >= 0.6 is 0 Å². The van der Waals surface area contributed by atoms with Gasteiger partial charge in [0.25, 0.3) is 0 Å². The minimum absolute atomic E-state index is 0.677. The number of aromatic nitrogens is 1. The molecule has 0 spiro atoms. The van der Waals surface area contributed by atoms with Gasteiger partial charge in [-0.1, -0.05) is 27.7 Å². The molecule has 0 saturated heterocycles. The molecular weight excluding hydrogens is 234 g/mol. The van der Waals surface area contributed by atoms with Crippen molar-refractivity contribution in [1.29, 1.82) is 0 Å². The first-order valence-electron chi connectivity index (χ1n) is 7.43. The van der Waals surface area contributed by atoms with Crippen LogP contribution in [0.15, 0.2) is 18.3 Å². The third-order valence-electron chi connectivity index (χ3n) is 2.99. The highest BCUT2D eigenvalue weighted by Crippen LogP contribution is 2.16. The maximum absolute atomic E-state index is 4.44. The molecule has 1 aromatic rings. The van der Waals surface area contributed by atoms with Crippen LogP contribution in [0.4, 0.5) is 5.69 Å². The van der Waals surface area contributed by atoms with Crippen molar-refractivity contribution in [3.05, 3.63) is 24.0 Å². The summed E-state index contributed by atoms with van der Waals surface area (Å²) < 4.78 is 0. The van der Waals surface area contributed by atoms with Gasteiger partial charge in [-0.05, 0) is 37.4 Å². The van der Waals surface area contributed by atoms with Gasteiger partial charge in [0.1, 0.15) is 0 Å². The molecule has 0 atom stereocenters. The lowest BCUT2D eigenvalue weighted by molar-refractivity contribution is 0.548. The average Bonchev–Trinajstić information content (AvgIpc) is 2.35. The van der Waals surface area contributed by atoms with Crippen molar-refractivity contribution in [3.8, 4) is 0 Å². The van der Waals surface area contributed by atoms with Gasteiger partial charge in [0, 0.05) is 31.5 Å². The lowest BCUT2D eigenvalue weighted by Gasteiger charge is -2.25. The Hall–Kier alpha value is -1.09. The van der Waals surface area contributed by atoms with Crippen LogP contribution in [-0.4, -0.2) is 24.6 Å². The first-order chi connectivity index (χ1) is 9.02. The fraction of sp³-hybridized carbons (Fsp3) is 0.688. The van der Waals surface area contributed by atoms with Gasteiger partial charge in [0.05, 0.1) is 5.69 Å². The van der Waals surface area contributed by atoms with Crippen molar-refractivity contribution < 1.29 is 0 Å². The number of hydrogen-bond acceptors (Lipinski definition) is 3. The number of rotatable bonds is 8. The average molecular weight is 263 g/mol. The van der Waals surface area contributed by atoms with E-state index >= 15 is 0 Å². The van der Waals surface area contributed by atoms with E-state index < -0.39 is 0 Å². The first-order valence-corrected chi connectivity index (χ1v) is 7.43. The van der Waals surface area contributed by atoms with Crippen molar-refractivity contribution in [1.82, 2.24) is 10.3 Å². The molecular formula is C16H29N3. The normalized spacial score (nSPS) is 11.3. The predicted octanol–water partition coefficient (Wildman–Crippen LogP) is 3.31. The Kier molecular flexibility index (Phi) is 6.85. The van der Waals surface area contributed by atoms with Gasteiger partial charge >= 0.3 is 0 Å². The zero-order valence-electron chi connectivity index (χ0n) is 13.1. The number of nitrogens with zero attached hydrogens (tertiary/aromatic N) is 2. The standard InChI is InChI=1S/C16H29N3/c1-6-19(12-14(4)5)16-7-8-18-15(9-16)11-17-10-13(2)3/h7-9,13-14,17H,6,10-12H2,1-5H3. The summed E-state index contributed by atoms with van der Waals surface area (Å²) in [6.07, 6.45) is 1.92. The van der Waals surface area contributed by atoms with Crippen molar-refractivity contribution >= 4 is 5.69 Å². The molecule has 3 nitrogen and oxygen atoms in total. The largest absolute Gasteiger partial charge is 0.371 e. The maximum atomic E-state index is 4.44. The fourth-order valence-corrected chi connectivity index (χ4v) is 2.11. The SMILES string of the molecule is CCN(CC(C)C)c1ccnc(CNCC(C)C)c1. The van der Waals surface area contributed by atoms with Crippen LogP contribution in [-0.2, 0) is 6.54 Å². The highest BCUT2D eigenvalue weighted by atomic mass is 15.1. The van der Waals surface area contributed by atoms with E-state index in [4.69, 9.17) is 0 Å². The third kappa shape index (κ3) is 6.06. The van der Waals surface area contributed by atoms with Crippen molar-refractivity contribution in [2.24, 2.45) is 11.8 Å². The molecule has 0 amide bonds. The minimum atomic E-state index is 0.677. The first kappa shape index (κ1) is 16.0. The van der Waals surface area contributed by atoms with Gasteiger partial charge in [-0.2, -0.15) is 0 Å². The van der Waals surface area contributed by atoms with E-state index in [0.717, 1.165) is 31.9 Å². The van der Waals surface area contributed by atoms with Gasteiger partial charge in [-0.25, -0.2) is 0 Å². The Morgan fingerprint density at radius 2 is 1.95 bits per heavy atom. The Morgan fingerprint density at radius 1 is 1.21 bits per heavy atom. The summed E-state index contributed by atoms with van der Waals surface area (Å²) in [6, 6.07) is 4.32. The Balaban J connectivity index is 2.64. The Labute approximate surface area is 118 Å². The number of pyridine rings is 1. The van der Waals surface area contributed by atoms with Gasteiger partial charge in [-0.3, -0.25) is 4.98 Å². The topological polar surface area (TPSA) is 28.2 Å². The van der Waals surface area contributed by atoms with Crippen LogP contribution in [0.3, 0.4) is 0 Å². The molecule has 108 valence electrons. The van der Waals surface area contributed by atoms with Gasteiger partial charge in [0.15, 0.2) is 0 Å². The summed E-state index contributed by atoms with van der Waals surface area (Å²) in [7, 11) is 0. The molecule has 1 N–H and O–H groups in total. The summed E-state index contributed by atoms with van der Waals surface area (Å²) in [5.74, 6) is 1.35. The minimum Gasteiger partial charge on any atom is -0.371 e. The zero-order valence-corrected chi connectivity index (χ0v) is 13.1. The summed E-state index contributed by atoms with van der Waals surface area (Å²) in [6.45, 7) is 15.2. The van der Waals surface area contributed by atoms with Crippen molar-refractivity contribution in [2.45, 2.75) is 41.2 Å². The zero-order chi connectivity index (χ0) is 14.3. The third-order valence-corrected chi connectivity index (χ3v) is 2.99. The molecule has 1 heterocycles. The predicted molar refractivity (Wildman–Crippen MR) is 83.5 cm³/mol. The molecule has 0 aliphatic rings. The summed E-state index contributed by atoms with van der Waals surface area (Å²) in [5, 5.41) is 3.45. The van der Waals surface area contributed by atoms with Crippen LogP contribution in [0.25, 0.3) is 0 Å². The number of hydrogen-bond donors (Lipinski definition) is 1. The lowest BCUT2D eigenvalue weighted by Crippen LogP contribution is -2.27. The second kappa shape index (κ2) is 8.16. The fourth-order valence-electron chi connectivity index (χ4n) is 2.11. The van der Waals surface area contributed by atoms with E-state index in [1.807, 2.05) is 6.20 Å². The molecule has 0 aromatic carbocycles. The summed E-state index contributed by atoms with van der Waals surface area (Å²) in [5.41, 5.74) is 2.41. The molecule has 0 unspecified atom stereocenters. The quantitative estimate of drug-likeness (QED) is 0.780. The lowest BCUT2D eigenvalue weighted by atomic mass is 10.2. The van der Waals surface area contributed by atoms with E-state index in [9.17, 15) is 0 Å². The van der Waals surface area contributed by atoms with Gasteiger partial charge in [-0.15, -0.1) is 0 Å². The van der Waals surface area contributed by atoms with Crippen LogP contribution in [0.1, 0.15) is 40.3 Å².